The molecular weight excluding hydrogens is 340 g/mol. The maximum atomic E-state index is 12.2. The Kier molecular flexibility index (Phi) is 5.91. The van der Waals surface area contributed by atoms with Crippen LogP contribution < -0.4 is 5.32 Å². The van der Waals surface area contributed by atoms with Gasteiger partial charge in [-0.2, -0.15) is 13.9 Å². The Morgan fingerprint density at radius 2 is 2.00 bits per heavy atom. The van der Waals surface area contributed by atoms with Crippen molar-refractivity contribution in [2.75, 3.05) is 11.9 Å². The summed E-state index contributed by atoms with van der Waals surface area (Å²) in [5, 5.41) is 6.44. The summed E-state index contributed by atoms with van der Waals surface area (Å²) in [5.74, 6) is -3.67. The zero-order chi connectivity index (χ0) is 17.7. The second-order valence-electron chi connectivity index (χ2n) is 4.79. The van der Waals surface area contributed by atoms with Crippen LogP contribution in [0.25, 0.3) is 0 Å². The number of aryl methyl sites for hydroxylation is 1. The summed E-state index contributed by atoms with van der Waals surface area (Å²) in [7, 11) is 1.69. The van der Waals surface area contributed by atoms with Crippen molar-refractivity contribution in [1.29, 1.82) is 0 Å². The van der Waals surface area contributed by atoms with Crippen LogP contribution in [0.5, 0.6) is 0 Å². The lowest BCUT2D eigenvalue weighted by Gasteiger charge is -2.07. The summed E-state index contributed by atoms with van der Waals surface area (Å²) in [6, 6.07) is 5.93. The fraction of sp³-hybridized carbons (Fsp3) is 0.267. The molecule has 2 aromatic rings. The number of hydrogen-bond donors (Lipinski definition) is 1. The zero-order valence-corrected chi connectivity index (χ0v) is 13.8. The van der Waals surface area contributed by atoms with Crippen molar-refractivity contribution in [2.24, 2.45) is 7.05 Å². The van der Waals surface area contributed by atoms with Crippen LogP contribution in [0.4, 0.5) is 14.5 Å². The van der Waals surface area contributed by atoms with Gasteiger partial charge in [0.2, 0.25) is 0 Å². The third-order valence-corrected chi connectivity index (χ3v) is 3.88. The molecule has 0 saturated carbocycles. The molecule has 0 unspecified atom stereocenters. The highest BCUT2D eigenvalue weighted by Crippen LogP contribution is 2.26. The van der Waals surface area contributed by atoms with Crippen LogP contribution in [-0.4, -0.2) is 34.0 Å². The maximum Gasteiger partial charge on any atom is 0.342 e. The summed E-state index contributed by atoms with van der Waals surface area (Å²) >= 11 is 0.418. The van der Waals surface area contributed by atoms with Crippen molar-refractivity contribution in [3.8, 4) is 0 Å². The van der Waals surface area contributed by atoms with Gasteiger partial charge in [-0.3, -0.25) is 9.48 Å². The highest BCUT2D eigenvalue weighted by atomic mass is 32.2. The number of amides is 1. The average molecular weight is 355 g/mol. The topological polar surface area (TPSA) is 73.2 Å². The number of benzene rings is 1. The van der Waals surface area contributed by atoms with Gasteiger partial charge in [0.1, 0.15) is 5.56 Å². The Bertz CT molecular complexity index is 732. The lowest BCUT2D eigenvalue weighted by molar-refractivity contribution is -0.119. The van der Waals surface area contributed by atoms with Gasteiger partial charge < -0.3 is 10.1 Å². The number of carbonyl (C=O) groups excluding carboxylic acids is 2. The van der Waals surface area contributed by atoms with Crippen molar-refractivity contribution in [3.05, 3.63) is 41.7 Å². The first-order chi connectivity index (χ1) is 11.4. The van der Waals surface area contributed by atoms with Gasteiger partial charge in [0, 0.05) is 23.3 Å². The largest absolute Gasteiger partial charge is 0.452 e. The summed E-state index contributed by atoms with van der Waals surface area (Å²) in [6.07, 6.45) is 1.37. The quantitative estimate of drug-likeness (QED) is 0.637. The molecule has 24 heavy (non-hydrogen) atoms. The van der Waals surface area contributed by atoms with E-state index in [0.29, 0.717) is 33.6 Å². The molecule has 0 bridgehead atoms. The zero-order valence-electron chi connectivity index (χ0n) is 13.0. The van der Waals surface area contributed by atoms with E-state index in [1.807, 2.05) is 0 Å². The van der Waals surface area contributed by atoms with E-state index in [4.69, 9.17) is 4.74 Å². The minimum absolute atomic E-state index is 0.290. The standard InChI is InChI=1S/C15H15F2N3O3S/c1-9-12(7-18-20(9)2)14(22)23-8-13(21)19-10-3-5-11(6-4-10)24-15(16)17/h3-7,15H,8H2,1-2H3,(H,19,21). The second-order valence-corrected chi connectivity index (χ2v) is 5.86. The summed E-state index contributed by atoms with van der Waals surface area (Å²) in [5.41, 5.74) is 1.35. The Balaban J connectivity index is 1.85. The lowest BCUT2D eigenvalue weighted by atomic mass is 10.3. The molecule has 0 aliphatic heterocycles. The summed E-state index contributed by atoms with van der Waals surface area (Å²) in [4.78, 5) is 24.0. The van der Waals surface area contributed by atoms with Crippen molar-refractivity contribution >= 4 is 29.3 Å². The number of ether oxygens (including phenoxy) is 1. The van der Waals surface area contributed by atoms with Gasteiger partial charge in [0.25, 0.3) is 11.7 Å². The molecule has 0 atom stereocenters. The number of anilines is 1. The molecule has 1 aromatic heterocycles. The molecule has 6 nitrogen and oxygen atoms in total. The number of halogens is 2. The molecule has 1 amide bonds. The van der Waals surface area contributed by atoms with E-state index in [1.165, 1.54) is 35.1 Å². The summed E-state index contributed by atoms with van der Waals surface area (Å²) in [6.45, 7) is 1.25. The third-order valence-electron chi connectivity index (χ3n) is 3.15. The Morgan fingerprint density at radius 1 is 1.33 bits per heavy atom. The molecule has 0 aliphatic rings. The van der Waals surface area contributed by atoms with Crippen molar-refractivity contribution < 1.29 is 23.1 Å². The number of rotatable bonds is 6. The van der Waals surface area contributed by atoms with E-state index >= 15 is 0 Å². The molecule has 0 saturated heterocycles. The van der Waals surface area contributed by atoms with E-state index in [1.54, 1.807) is 14.0 Å². The number of nitrogens with one attached hydrogen (secondary N) is 1. The number of aromatic nitrogens is 2. The van der Waals surface area contributed by atoms with Gasteiger partial charge in [-0.15, -0.1) is 0 Å². The molecule has 1 heterocycles. The fourth-order valence-corrected chi connectivity index (χ4v) is 2.32. The second kappa shape index (κ2) is 7.91. The average Bonchev–Trinajstić information content (AvgIpc) is 2.86. The SMILES string of the molecule is Cc1c(C(=O)OCC(=O)Nc2ccc(SC(F)F)cc2)cnn1C. The molecule has 9 heteroatoms. The van der Waals surface area contributed by atoms with Crippen LogP contribution in [0.1, 0.15) is 16.1 Å². The van der Waals surface area contributed by atoms with Crippen LogP contribution in [-0.2, 0) is 16.6 Å². The first kappa shape index (κ1) is 17.9. The minimum Gasteiger partial charge on any atom is -0.452 e. The van der Waals surface area contributed by atoms with Crippen LogP contribution in [0, 0.1) is 6.92 Å². The van der Waals surface area contributed by atoms with Gasteiger partial charge in [-0.1, -0.05) is 11.8 Å². The van der Waals surface area contributed by atoms with Gasteiger partial charge >= 0.3 is 5.97 Å². The van der Waals surface area contributed by atoms with Crippen molar-refractivity contribution in [2.45, 2.75) is 17.6 Å². The Labute approximate surface area is 141 Å². The van der Waals surface area contributed by atoms with Gasteiger partial charge in [-0.25, -0.2) is 4.79 Å². The molecule has 0 aliphatic carbocycles. The molecule has 0 spiro atoms. The molecule has 1 N–H and O–H groups in total. The first-order valence-electron chi connectivity index (χ1n) is 6.87. The maximum absolute atomic E-state index is 12.2. The van der Waals surface area contributed by atoms with Crippen LogP contribution >= 0.6 is 11.8 Å². The normalized spacial score (nSPS) is 10.7. The van der Waals surface area contributed by atoms with E-state index in [-0.39, 0.29) is 0 Å². The predicted octanol–water partition coefficient (Wildman–Crippen LogP) is 2.84. The van der Waals surface area contributed by atoms with E-state index in [0.717, 1.165) is 0 Å². The van der Waals surface area contributed by atoms with E-state index < -0.39 is 24.2 Å². The molecule has 0 radical (unpaired) electrons. The van der Waals surface area contributed by atoms with Crippen molar-refractivity contribution in [3.63, 3.8) is 0 Å². The molecular formula is C15H15F2N3O3S. The summed E-state index contributed by atoms with van der Waals surface area (Å²) < 4.78 is 30.9. The van der Waals surface area contributed by atoms with Gasteiger partial charge in [0.15, 0.2) is 6.61 Å². The number of nitrogens with zero attached hydrogens (tertiary/aromatic N) is 2. The third kappa shape index (κ3) is 4.79. The highest BCUT2D eigenvalue weighted by molar-refractivity contribution is 7.99. The van der Waals surface area contributed by atoms with Gasteiger partial charge in [-0.05, 0) is 31.2 Å². The van der Waals surface area contributed by atoms with Crippen molar-refractivity contribution in [1.82, 2.24) is 9.78 Å². The first-order valence-corrected chi connectivity index (χ1v) is 7.75. The smallest absolute Gasteiger partial charge is 0.342 e. The van der Waals surface area contributed by atoms with Crippen LogP contribution in [0.15, 0.2) is 35.4 Å². The van der Waals surface area contributed by atoms with Crippen LogP contribution in [0.3, 0.4) is 0 Å². The molecule has 1 aromatic carbocycles. The monoisotopic (exact) mass is 355 g/mol. The molecule has 0 fully saturated rings. The number of alkyl halides is 2. The van der Waals surface area contributed by atoms with E-state index in [2.05, 4.69) is 10.4 Å². The minimum atomic E-state index is -2.50. The molecule has 2 rings (SSSR count). The number of esters is 1. The Morgan fingerprint density at radius 3 is 2.54 bits per heavy atom. The number of carbonyl (C=O) groups is 2. The Hall–Kier alpha value is -2.42. The molecule has 128 valence electrons. The van der Waals surface area contributed by atoms with E-state index in [9.17, 15) is 18.4 Å². The lowest BCUT2D eigenvalue weighted by Crippen LogP contribution is -2.21. The van der Waals surface area contributed by atoms with Crippen LogP contribution in [0.2, 0.25) is 0 Å². The predicted molar refractivity (Wildman–Crippen MR) is 85.2 cm³/mol. The fourth-order valence-electron chi connectivity index (χ4n) is 1.82. The van der Waals surface area contributed by atoms with Gasteiger partial charge in [0.05, 0.1) is 6.20 Å². The number of hydrogen-bond acceptors (Lipinski definition) is 5. The highest BCUT2D eigenvalue weighted by Gasteiger charge is 2.15. The number of thioether (sulfide) groups is 1.